The minimum atomic E-state index is -0.501. The Morgan fingerprint density at radius 1 is 0.656 bits per heavy atom. The molecule has 1 N–H and O–H groups in total. The summed E-state index contributed by atoms with van der Waals surface area (Å²) in [6, 6.07) is 8.59. The van der Waals surface area contributed by atoms with Crippen molar-refractivity contribution in [2.24, 2.45) is 0 Å². The predicted molar refractivity (Wildman–Crippen MR) is 181 cm³/mol. The van der Waals surface area contributed by atoms with Gasteiger partial charge in [0, 0.05) is 11.1 Å². The van der Waals surface area contributed by atoms with Crippen LogP contribution in [-0.4, -0.2) is 155 Å². The summed E-state index contributed by atoms with van der Waals surface area (Å²) in [5, 5.41) is 2.36. The van der Waals surface area contributed by atoms with Gasteiger partial charge >= 0.3 is 0 Å². The Labute approximate surface area is 210 Å². The minimum Gasteiger partial charge on any atom is -0.504 e. The molecule has 0 saturated carbocycles. The number of nitrogens with one attached hydrogen (secondary N) is 1. The van der Waals surface area contributed by atoms with Crippen LogP contribution in [0.25, 0.3) is 0 Å². The normalized spacial score (nSPS) is 22.1. The molecule has 1 aromatic carbocycles. The maximum absolute atomic E-state index is 6.48. The van der Waals surface area contributed by atoms with Crippen molar-refractivity contribution in [3.8, 4) is 5.75 Å². The minimum absolute atomic E-state index is 0.0719. The Kier molecular flexibility index (Phi) is 7.11. The zero-order valence-electron chi connectivity index (χ0n) is 23.6. The first-order chi connectivity index (χ1) is 14.0. The quantitative estimate of drug-likeness (QED) is 0.470. The molecule has 0 aromatic heterocycles. The summed E-state index contributed by atoms with van der Waals surface area (Å²) in [6.45, 7) is 0. The summed E-state index contributed by atoms with van der Waals surface area (Å²) in [4.78, 5) is 2.58. The third-order valence-corrected chi connectivity index (χ3v) is 8.28. The van der Waals surface area contributed by atoms with Crippen LogP contribution in [0.3, 0.4) is 0 Å². The average molecular weight is 414 g/mol. The molecule has 0 radical (unpaired) electrons. The molecule has 1 aromatic rings. The fraction of sp³-hybridized carbons (Fsp3) is 0.538. The molecular weight excluding hydrogens is 378 g/mol. The Morgan fingerprint density at radius 2 is 1.06 bits per heavy atom. The Hall–Kier alpha value is -0.286. The lowest BCUT2D eigenvalue weighted by molar-refractivity contribution is 0.00241. The van der Waals surface area contributed by atoms with Gasteiger partial charge in [0.15, 0.2) is 0 Å². The number of hydrogen-bond acceptors (Lipinski definition) is 4. The van der Waals surface area contributed by atoms with Crippen LogP contribution >= 0.6 is 0 Å². The summed E-state index contributed by atoms with van der Waals surface area (Å²) in [5.41, 5.74) is 1.21. The van der Waals surface area contributed by atoms with Crippen molar-refractivity contribution in [2.45, 2.75) is 37.4 Å². The highest BCUT2D eigenvalue weighted by Gasteiger charge is 2.57. The first kappa shape index (κ1) is 28.0. The summed E-state index contributed by atoms with van der Waals surface area (Å²) < 4.78 is 12.8. The first-order valence-corrected chi connectivity index (χ1v) is 12.1. The predicted octanol–water partition coefficient (Wildman–Crippen LogP) is -14.5. The highest BCUT2D eigenvalue weighted by molar-refractivity contribution is 6.62. The van der Waals surface area contributed by atoms with E-state index in [1.165, 1.54) is 5.69 Å². The van der Waals surface area contributed by atoms with Gasteiger partial charge in [-0.3, -0.25) is 0 Å². The molecule has 0 bridgehead atoms. The zero-order valence-corrected chi connectivity index (χ0v) is 23.6. The molecule has 154 valence electrons. The first-order valence-electron chi connectivity index (χ1n) is 12.1. The number of ether oxygens (including phenoxy) is 2. The molecule has 32 heavy (non-hydrogen) atoms. The van der Waals surface area contributed by atoms with E-state index in [0.29, 0.717) is 0 Å². The molecule has 0 atom stereocenters. The maximum atomic E-state index is 6.48. The van der Waals surface area contributed by atoms with E-state index in [4.69, 9.17) is 9.47 Å². The van der Waals surface area contributed by atoms with Gasteiger partial charge < -0.3 is 19.7 Å². The van der Waals surface area contributed by atoms with Crippen LogP contribution < -0.4 is 15.0 Å². The van der Waals surface area contributed by atoms with E-state index in [2.05, 4.69) is 152 Å². The van der Waals surface area contributed by atoms with Crippen LogP contribution in [0.1, 0.15) is 0 Å². The molecule has 1 aliphatic heterocycles. The number of anilines is 1. The van der Waals surface area contributed by atoms with E-state index in [1.54, 1.807) is 0 Å². The largest absolute Gasteiger partial charge is 0.504 e. The van der Waals surface area contributed by atoms with Gasteiger partial charge in [-0.1, -0.05) is 0 Å². The lowest BCUT2D eigenvalue weighted by Gasteiger charge is -2.70. The number of rotatable bonds is 6. The van der Waals surface area contributed by atoms with Crippen molar-refractivity contribution in [3.05, 3.63) is 24.3 Å². The zero-order chi connectivity index (χ0) is 25.2. The lowest BCUT2D eigenvalue weighted by Crippen LogP contribution is -2.92. The van der Waals surface area contributed by atoms with Crippen molar-refractivity contribution < 1.29 is 9.47 Å². The van der Waals surface area contributed by atoms with Crippen LogP contribution in [-0.2, 0) is 4.74 Å². The van der Waals surface area contributed by atoms with E-state index in [0.717, 1.165) is 5.75 Å². The van der Waals surface area contributed by atoms with Gasteiger partial charge in [-0.15, -0.1) is 0 Å². The van der Waals surface area contributed by atoms with Gasteiger partial charge in [0.1, 0.15) is 123 Å². The lowest BCUT2D eigenvalue weighted by atomic mass is 9.27. The van der Waals surface area contributed by atoms with Gasteiger partial charge in [-0.25, -0.2) is 0 Å². The molecule has 2 rings (SSSR count). The summed E-state index contributed by atoms with van der Waals surface area (Å²) in [5.74, 6) is 0.855. The summed E-state index contributed by atoms with van der Waals surface area (Å²) in [6.07, 6.45) is 0. The van der Waals surface area contributed by atoms with E-state index < -0.39 is 10.8 Å². The topological polar surface area (TPSA) is 33.7 Å². The van der Waals surface area contributed by atoms with Crippen molar-refractivity contribution in [1.29, 1.82) is 0 Å². The van der Waals surface area contributed by atoms with Crippen molar-refractivity contribution in [2.75, 3.05) is 4.90 Å². The van der Waals surface area contributed by atoms with Crippen molar-refractivity contribution >= 4 is 123 Å². The Bertz CT molecular complexity index is 811. The fourth-order valence-electron chi connectivity index (χ4n) is 4.96. The van der Waals surface area contributed by atoms with Crippen molar-refractivity contribution in [1.82, 2.24) is 5.32 Å². The Balaban J connectivity index is 2.39. The van der Waals surface area contributed by atoms with E-state index >= 15 is 0 Å². The third kappa shape index (κ3) is 5.04. The SMILES string of the molecule is BC(B)(B)OC(B)(B)C(B)(B)Oc1ccc(N2C(B)(B)C(B)(B)NC(B)(B)C2(B)B)cc1. The maximum Gasteiger partial charge on any atom is 0.148 e. The molecule has 1 aliphatic rings. The molecule has 0 spiro atoms. The highest BCUT2D eigenvalue weighted by atomic mass is 16.6. The standard InChI is InChI=1S/C13H35B15N2O2/c14-7(15)9(18,19)30(10(20,21)8(16,17)29-7)5-1-3-6(4-2-5)31-11(22,23)12(24,25)32-13(26,27)28/h1-4,29H,14-28H2. The van der Waals surface area contributed by atoms with Crippen molar-refractivity contribution in [3.63, 3.8) is 0 Å². The monoisotopic (exact) mass is 416 g/mol. The Morgan fingerprint density at radius 3 is 1.44 bits per heavy atom. The van der Waals surface area contributed by atoms with Crippen LogP contribution in [0.15, 0.2) is 24.3 Å². The smallest absolute Gasteiger partial charge is 0.148 e. The third-order valence-electron chi connectivity index (χ3n) is 8.28. The number of benzene rings is 1. The van der Waals surface area contributed by atoms with Crippen LogP contribution in [0, 0.1) is 0 Å². The van der Waals surface area contributed by atoms with Gasteiger partial charge in [-0.05, 0) is 50.9 Å². The van der Waals surface area contributed by atoms with E-state index in [9.17, 15) is 0 Å². The number of hydrogen-bond donors (Lipinski definition) is 1. The van der Waals surface area contributed by atoms with E-state index in [1.807, 2.05) is 0 Å². The van der Waals surface area contributed by atoms with Crippen LogP contribution in [0.2, 0.25) is 0 Å². The molecule has 0 unspecified atom stereocenters. The fourth-order valence-corrected chi connectivity index (χ4v) is 4.96. The second-order valence-electron chi connectivity index (χ2n) is 13.7. The average Bonchev–Trinajstić information content (AvgIpc) is 2.51. The van der Waals surface area contributed by atoms with Gasteiger partial charge in [0.2, 0.25) is 0 Å². The molecular formula is C13H35B15N2O2. The molecule has 4 nitrogen and oxygen atoms in total. The highest BCUT2D eigenvalue weighted by Crippen LogP contribution is 2.40. The van der Waals surface area contributed by atoms with Gasteiger partial charge in [-0.2, -0.15) is 0 Å². The number of nitrogens with zero attached hydrogens (tertiary/aromatic N) is 1. The summed E-state index contributed by atoms with van der Waals surface area (Å²) in [7, 11) is 33.2. The molecule has 1 heterocycles. The molecule has 1 fully saturated rings. The second kappa shape index (κ2) is 8.14. The second-order valence-corrected chi connectivity index (χ2v) is 13.7. The van der Waals surface area contributed by atoms with E-state index in [-0.39, 0.29) is 26.6 Å². The van der Waals surface area contributed by atoms with Gasteiger partial charge in [0.05, 0.1) is 5.40 Å². The summed E-state index contributed by atoms with van der Waals surface area (Å²) >= 11 is 0. The molecule has 0 amide bonds. The van der Waals surface area contributed by atoms with Crippen LogP contribution in [0.4, 0.5) is 5.69 Å². The van der Waals surface area contributed by atoms with Crippen LogP contribution in [0.5, 0.6) is 5.75 Å². The molecule has 19 heteroatoms. The van der Waals surface area contributed by atoms with Gasteiger partial charge in [0.25, 0.3) is 0 Å². The molecule has 0 aliphatic carbocycles. The molecule has 1 saturated heterocycles. The number of piperazine rings is 1.